The summed E-state index contributed by atoms with van der Waals surface area (Å²) in [6, 6.07) is 6.45. The summed E-state index contributed by atoms with van der Waals surface area (Å²) in [5, 5.41) is 12.9. The summed E-state index contributed by atoms with van der Waals surface area (Å²) in [5.74, 6) is 0.0175. The lowest BCUT2D eigenvalue weighted by atomic mass is 10.2. The van der Waals surface area contributed by atoms with Crippen LogP contribution in [0.25, 0.3) is 0 Å². The van der Waals surface area contributed by atoms with Gasteiger partial charge in [-0.15, -0.1) is 0 Å². The molecule has 94 valence electrons. The van der Waals surface area contributed by atoms with Gasteiger partial charge in [0.05, 0.1) is 12.7 Å². The van der Waals surface area contributed by atoms with Crippen molar-refractivity contribution < 1.29 is 14.6 Å². The van der Waals surface area contributed by atoms with E-state index in [1.807, 2.05) is 0 Å². The van der Waals surface area contributed by atoms with Crippen molar-refractivity contribution in [3.8, 4) is 11.6 Å². The zero-order valence-electron chi connectivity index (χ0n) is 9.31. The van der Waals surface area contributed by atoms with E-state index in [2.05, 4.69) is 32.3 Å². The molecule has 0 radical (unpaired) electrons. The summed E-state index contributed by atoms with van der Waals surface area (Å²) < 4.78 is 9.76. The second-order valence-electron chi connectivity index (χ2n) is 3.35. The van der Waals surface area contributed by atoms with Gasteiger partial charge in [-0.1, -0.05) is 0 Å². The number of phenols is 1. The van der Waals surface area contributed by atoms with Crippen LogP contribution in [0.3, 0.4) is 0 Å². The van der Waals surface area contributed by atoms with E-state index in [1.54, 1.807) is 18.2 Å². The lowest BCUT2D eigenvalue weighted by Crippen LogP contribution is -2.11. The molecule has 5 nitrogen and oxygen atoms in total. The van der Waals surface area contributed by atoms with Gasteiger partial charge in [0.15, 0.2) is 0 Å². The Morgan fingerprint density at radius 3 is 2.94 bits per heavy atom. The number of carbonyl (C=O) groups excluding carboxylic acids is 1. The Kier molecular flexibility index (Phi) is 4.02. The number of hydrogen-bond acceptors (Lipinski definition) is 5. The molecule has 1 amide bonds. The van der Waals surface area contributed by atoms with Crippen molar-refractivity contribution in [1.29, 1.82) is 0 Å². The number of carbonyl (C=O) groups is 1. The highest BCUT2D eigenvalue weighted by atomic mass is 127. The lowest BCUT2D eigenvalue weighted by Gasteiger charge is -2.04. The molecule has 1 aromatic carbocycles. The Morgan fingerprint density at radius 2 is 2.28 bits per heavy atom. The minimum absolute atomic E-state index is 0.0515. The van der Waals surface area contributed by atoms with Crippen molar-refractivity contribution in [3.05, 3.63) is 33.4 Å². The third kappa shape index (κ3) is 2.91. The number of aromatic nitrogens is 1. The largest absolute Gasteiger partial charge is 0.507 e. The van der Waals surface area contributed by atoms with E-state index in [0.29, 0.717) is 10.9 Å². The molecule has 0 aliphatic carbocycles. The van der Waals surface area contributed by atoms with E-state index in [4.69, 9.17) is 4.74 Å². The van der Waals surface area contributed by atoms with Crippen molar-refractivity contribution in [3.63, 3.8) is 0 Å². The standard InChI is InChI=1S/C11H9IN2O3S/c1-17-9-5-10(18-14-9)13-11(16)7-4-6(12)2-3-8(7)15/h2-5,15H,1H3,(H,13,16). The second kappa shape index (κ2) is 5.53. The molecule has 0 unspecified atom stereocenters. The summed E-state index contributed by atoms with van der Waals surface area (Å²) >= 11 is 3.19. The average Bonchev–Trinajstić information content (AvgIpc) is 2.80. The summed E-state index contributed by atoms with van der Waals surface area (Å²) in [7, 11) is 1.51. The maximum Gasteiger partial charge on any atom is 0.260 e. The Morgan fingerprint density at radius 1 is 1.50 bits per heavy atom. The first-order valence-corrected chi connectivity index (χ1v) is 6.76. The molecule has 2 rings (SSSR count). The van der Waals surface area contributed by atoms with E-state index < -0.39 is 0 Å². The highest BCUT2D eigenvalue weighted by Crippen LogP contribution is 2.24. The maximum atomic E-state index is 11.9. The molecule has 0 saturated heterocycles. The van der Waals surface area contributed by atoms with Crippen LogP contribution in [0.4, 0.5) is 5.00 Å². The van der Waals surface area contributed by atoms with Gasteiger partial charge in [-0.05, 0) is 52.3 Å². The fourth-order valence-electron chi connectivity index (χ4n) is 1.28. The van der Waals surface area contributed by atoms with Gasteiger partial charge in [-0.2, -0.15) is 4.37 Å². The number of phenolic OH excluding ortho intramolecular Hbond substituents is 1. The van der Waals surface area contributed by atoms with Crippen LogP contribution in [0.15, 0.2) is 24.3 Å². The molecule has 0 saturated carbocycles. The van der Waals surface area contributed by atoms with Crippen LogP contribution in [-0.2, 0) is 0 Å². The summed E-state index contributed by atoms with van der Waals surface area (Å²) in [4.78, 5) is 11.9. The summed E-state index contributed by atoms with van der Waals surface area (Å²) in [5.41, 5.74) is 0.231. The molecule has 0 aliphatic rings. The van der Waals surface area contributed by atoms with Gasteiger partial charge in [-0.25, -0.2) is 0 Å². The maximum absolute atomic E-state index is 11.9. The van der Waals surface area contributed by atoms with Gasteiger partial charge in [0.1, 0.15) is 10.8 Å². The SMILES string of the molecule is COc1cc(NC(=O)c2cc(I)ccc2O)sn1. The molecule has 7 heteroatoms. The predicted molar refractivity (Wildman–Crippen MR) is 77.4 cm³/mol. The Labute approximate surface area is 121 Å². The number of rotatable bonds is 3. The minimum atomic E-state index is -0.377. The number of benzene rings is 1. The highest BCUT2D eigenvalue weighted by Gasteiger charge is 2.13. The molecule has 18 heavy (non-hydrogen) atoms. The lowest BCUT2D eigenvalue weighted by molar-refractivity contribution is 0.102. The number of methoxy groups -OCH3 is 1. The van der Waals surface area contributed by atoms with E-state index in [0.717, 1.165) is 15.1 Å². The van der Waals surface area contributed by atoms with E-state index in [1.165, 1.54) is 13.2 Å². The zero-order valence-corrected chi connectivity index (χ0v) is 12.3. The molecule has 2 aromatic rings. The van der Waals surface area contributed by atoms with Crippen molar-refractivity contribution in [2.24, 2.45) is 0 Å². The fraction of sp³-hybridized carbons (Fsp3) is 0.0909. The van der Waals surface area contributed by atoms with Crippen molar-refractivity contribution in [2.75, 3.05) is 12.4 Å². The van der Waals surface area contributed by atoms with Gasteiger partial charge >= 0.3 is 0 Å². The van der Waals surface area contributed by atoms with E-state index >= 15 is 0 Å². The first-order valence-electron chi connectivity index (χ1n) is 4.90. The normalized spacial score (nSPS) is 10.1. The monoisotopic (exact) mass is 376 g/mol. The van der Waals surface area contributed by atoms with Crippen LogP contribution >= 0.6 is 34.1 Å². The summed E-state index contributed by atoms with van der Waals surface area (Å²) in [6.07, 6.45) is 0. The molecule has 1 aromatic heterocycles. The van der Waals surface area contributed by atoms with Gasteiger partial charge in [0.2, 0.25) is 5.88 Å². The molecule has 0 fully saturated rings. The number of anilines is 1. The van der Waals surface area contributed by atoms with Crippen molar-refractivity contribution >= 4 is 45.0 Å². The second-order valence-corrected chi connectivity index (χ2v) is 5.40. The predicted octanol–water partition coefficient (Wildman–Crippen LogP) is 2.71. The zero-order chi connectivity index (χ0) is 13.1. The Balaban J connectivity index is 2.19. The van der Waals surface area contributed by atoms with E-state index in [-0.39, 0.29) is 17.2 Å². The van der Waals surface area contributed by atoms with Gasteiger partial charge in [0, 0.05) is 9.64 Å². The first kappa shape index (κ1) is 13.1. The number of aromatic hydroxyl groups is 1. The van der Waals surface area contributed by atoms with Gasteiger partial charge in [0.25, 0.3) is 5.91 Å². The molecule has 0 bridgehead atoms. The molecular formula is C11H9IN2O3S. The van der Waals surface area contributed by atoms with Gasteiger partial charge in [-0.3, -0.25) is 4.79 Å². The fourth-order valence-corrected chi connectivity index (χ4v) is 2.38. The van der Waals surface area contributed by atoms with Gasteiger partial charge < -0.3 is 15.2 Å². The Hall–Kier alpha value is -1.35. The van der Waals surface area contributed by atoms with Crippen molar-refractivity contribution in [1.82, 2.24) is 4.37 Å². The van der Waals surface area contributed by atoms with Crippen LogP contribution in [-0.4, -0.2) is 22.5 Å². The number of nitrogens with zero attached hydrogens (tertiary/aromatic N) is 1. The molecule has 0 spiro atoms. The summed E-state index contributed by atoms with van der Waals surface area (Å²) in [6.45, 7) is 0. The van der Waals surface area contributed by atoms with Crippen LogP contribution in [0.5, 0.6) is 11.6 Å². The molecule has 2 N–H and O–H groups in total. The third-order valence-corrected chi connectivity index (χ3v) is 3.50. The topological polar surface area (TPSA) is 71.5 Å². The Bertz CT molecular complexity index is 585. The van der Waals surface area contributed by atoms with Crippen molar-refractivity contribution in [2.45, 2.75) is 0 Å². The number of nitrogens with one attached hydrogen (secondary N) is 1. The average molecular weight is 376 g/mol. The number of hydrogen-bond donors (Lipinski definition) is 2. The highest BCUT2D eigenvalue weighted by molar-refractivity contribution is 14.1. The van der Waals surface area contributed by atoms with Crippen LogP contribution in [0.2, 0.25) is 0 Å². The molecule has 1 heterocycles. The van der Waals surface area contributed by atoms with Crippen LogP contribution in [0, 0.1) is 3.57 Å². The van der Waals surface area contributed by atoms with Crippen LogP contribution < -0.4 is 10.1 Å². The number of halogens is 1. The third-order valence-electron chi connectivity index (χ3n) is 2.14. The smallest absolute Gasteiger partial charge is 0.260 e. The number of amides is 1. The van der Waals surface area contributed by atoms with E-state index in [9.17, 15) is 9.90 Å². The molecule has 0 aliphatic heterocycles. The first-order chi connectivity index (χ1) is 8.60. The van der Waals surface area contributed by atoms with Crippen LogP contribution in [0.1, 0.15) is 10.4 Å². The quantitative estimate of drug-likeness (QED) is 0.809. The molecule has 0 atom stereocenters. The minimum Gasteiger partial charge on any atom is -0.507 e. The number of ether oxygens (including phenoxy) is 1. The molecular weight excluding hydrogens is 367 g/mol.